The highest BCUT2D eigenvalue weighted by Crippen LogP contribution is 2.36. The maximum atomic E-state index is 15.2. The van der Waals surface area contributed by atoms with Crippen molar-refractivity contribution in [1.29, 1.82) is 0 Å². The van der Waals surface area contributed by atoms with Gasteiger partial charge in [-0.15, -0.1) is 0 Å². The third-order valence-electron chi connectivity index (χ3n) is 5.32. The third-order valence-corrected chi connectivity index (χ3v) is 5.32. The lowest BCUT2D eigenvalue weighted by atomic mass is 9.92. The van der Waals surface area contributed by atoms with Crippen molar-refractivity contribution in [2.24, 2.45) is 0 Å². The maximum absolute atomic E-state index is 15.2. The number of nitrogens with two attached hydrogens (primary N) is 1. The zero-order valence-corrected chi connectivity index (χ0v) is 17.8. The van der Waals surface area contributed by atoms with Gasteiger partial charge < -0.3 is 20.3 Å². The molecular formula is C25H24FNO4. The first-order chi connectivity index (χ1) is 14.8. The van der Waals surface area contributed by atoms with Gasteiger partial charge in [-0.25, -0.2) is 9.18 Å². The first-order valence-corrected chi connectivity index (χ1v) is 9.60. The van der Waals surface area contributed by atoms with Crippen molar-refractivity contribution in [3.8, 4) is 22.6 Å². The Hall–Kier alpha value is -3.80. The van der Waals surface area contributed by atoms with E-state index in [1.807, 2.05) is 50.2 Å². The van der Waals surface area contributed by atoms with Crippen LogP contribution in [0.3, 0.4) is 0 Å². The summed E-state index contributed by atoms with van der Waals surface area (Å²) in [7, 11) is 2.66. The van der Waals surface area contributed by atoms with Gasteiger partial charge >= 0.3 is 5.97 Å². The molecule has 3 rings (SSSR count). The highest BCUT2D eigenvalue weighted by Gasteiger charge is 2.20. The smallest absolute Gasteiger partial charge is 0.343 e. The summed E-state index contributed by atoms with van der Waals surface area (Å²) in [5.74, 6) is -1.72. The van der Waals surface area contributed by atoms with Gasteiger partial charge in [-0.05, 0) is 65.9 Å². The fourth-order valence-corrected chi connectivity index (χ4v) is 3.53. The molecule has 0 fully saturated rings. The van der Waals surface area contributed by atoms with Gasteiger partial charge in [-0.1, -0.05) is 30.3 Å². The number of benzene rings is 3. The Morgan fingerprint density at radius 3 is 2.06 bits per heavy atom. The van der Waals surface area contributed by atoms with E-state index in [1.165, 1.54) is 32.4 Å². The number of hydrogen-bond donors (Lipinski definition) is 2. The predicted octanol–water partition coefficient (Wildman–Crippen LogP) is 5.74. The van der Waals surface area contributed by atoms with E-state index in [0.29, 0.717) is 11.3 Å². The summed E-state index contributed by atoms with van der Waals surface area (Å²) >= 11 is 0. The molecule has 0 saturated heterocycles. The van der Waals surface area contributed by atoms with E-state index in [2.05, 4.69) is 0 Å². The SMILES string of the molecule is COc1cc(C(F)=Cc2cccc(-c3cccc(N)c3C)c2C)cc(OC)c1C(=O)O. The minimum absolute atomic E-state index is 0.0197. The Morgan fingerprint density at radius 1 is 0.968 bits per heavy atom. The highest BCUT2D eigenvalue weighted by atomic mass is 19.1. The van der Waals surface area contributed by atoms with Gasteiger partial charge in [0, 0.05) is 11.3 Å². The Morgan fingerprint density at radius 2 is 1.52 bits per heavy atom. The van der Waals surface area contributed by atoms with Crippen LogP contribution in [-0.4, -0.2) is 25.3 Å². The summed E-state index contributed by atoms with van der Waals surface area (Å²) in [4.78, 5) is 11.5. The number of aromatic carboxylic acids is 1. The van der Waals surface area contributed by atoms with Gasteiger partial charge in [0.15, 0.2) is 0 Å². The summed E-state index contributed by atoms with van der Waals surface area (Å²) < 4.78 is 25.5. The molecule has 0 aliphatic rings. The van der Waals surface area contributed by atoms with Gasteiger partial charge in [-0.3, -0.25) is 0 Å². The van der Waals surface area contributed by atoms with E-state index in [0.717, 1.165) is 22.3 Å². The number of methoxy groups -OCH3 is 2. The molecule has 0 saturated carbocycles. The minimum Gasteiger partial charge on any atom is -0.496 e. The normalized spacial score (nSPS) is 11.3. The van der Waals surface area contributed by atoms with Crippen LogP contribution in [0.4, 0.5) is 10.1 Å². The third kappa shape index (κ3) is 4.23. The number of nitrogen functional groups attached to an aromatic ring is 1. The van der Waals surface area contributed by atoms with Crippen LogP contribution in [0.1, 0.15) is 32.6 Å². The molecule has 31 heavy (non-hydrogen) atoms. The number of carboxylic acids is 1. The second-order valence-corrected chi connectivity index (χ2v) is 7.09. The molecule has 0 aliphatic heterocycles. The monoisotopic (exact) mass is 421 g/mol. The molecule has 0 aromatic heterocycles. The van der Waals surface area contributed by atoms with Crippen LogP contribution in [-0.2, 0) is 0 Å². The Labute approximate surface area is 180 Å². The standard InChI is InChI=1S/C25H24FNO4/c1-14-16(7-5-8-18(14)19-9-6-10-21(27)15(19)2)11-20(26)17-12-22(30-3)24(25(28)29)23(13-17)31-4/h5-13H,27H2,1-4H3,(H,28,29). The second-order valence-electron chi connectivity index (χ2n) is 7.09. The van der Waals surface area contributed by atoms with E-state index in [4.69, 9.17) is 15.2 Å². The molecule has 5 nitrogen and oxygen atoms in total. The van der Waals surface area contributed by atoms with Gasteiger partial charge in [-0.2, -0.15) is 0 Å². The summed E-state index contributed by atoms with van der Waals surface area (Å²) in [6.07, 6.45) is 1.41. The largest absolute Gasteiger partial charge is 0.496 e. The minimum atomic E-state index is -1.22. The number of ether oxygens (including phenoxy) is 2. The highest BCUT2D eigenvalue weighted by molar-refractivity contribution is 5.95. The fraction of sp³-hybridized carbons (Fsp3) is 0.160. The lowest BCUT2D eigenvalue weighted by molar-refractivity contribution is 0.0689. The Bertz CT molecular complexity index is 1160. The van der Waals surface area contributed by atoms with Crippen LogP contribution in [0.2, 0.25) is 0 Å². The number of carbonyl (C=O) groups is 1. The van der Waals surface area contributed by atoms with Crippen LogP contribution >= 0.6 is 0 Å². The quantitative estimate of drug-likeness (QED) is 0.392. The average molecular weight is 421 g/mol. The van der Waals surface area contributed by atoms with Crippen molar-refractivity contribution < 1.29 is 23.8 Å². The second kappa shape index (κ2) is 8.92. The van der Waals surface area contributed by atoms with Crippen LogP contribution in [0.15, 0.2) is 48.5 Å². The van der Waals surface area contributed by atoms with E-state index in [9.17, 15) is 9.90 Å². The van der Waals surface area contributed by atoms with Crippen molar-refractivity contribution in [3.05, 3.63) is 76.3 Å². The molecule has 0 spiro atoms. The molecule has 3 N–H and O–H groups in total. The topological polar surface area (TPSA) is 81.8 Å². The van der Waals surface area contributed by atoms with E-state index in [-0.39, 0.29) is 22.6 Å². The molecule has 0 aliphatic carbocycles. The van der Waals surface area contributed by atoms with Crippen LogP contribution < -0.4 is 15.2 Å². The van der Waals surface area contributed by atoms with Gasteiger partial charge in [0.25, 0.3) is 0 Å². The van der Waals surface area contributed by atoms with Crippen molar-refractivity contribution >= 4 is 23.6 Å². The Kier molecular flexibility index (Phi) is 6.30. The fourth-order valence-electron chi connectivity index (χ4n) is 3.53. The number of halogens is 1. The number of anilines is 1. The van der Waals surface area contributed by atoms with E-state index in [1.54, 1.807) is 0 Å². The van der Waals surface area contributed by atoms with Crippen LogP contribution in [0.25, 0.3) is 23.0 Å². The molecule has 0 radical (unpaired) electrons. The van der Waals surface area contributed by atoms with Crippen molar-refractivity contribution in [2.45, 2.75) is 13.8 Å². The first kappa shape index (κ1) is 21.9. The van der Waals surface area contributed by atoms with E-state index >= 15 is 4.39 Å². The molecule has 0 heterocycles. The summed E-state index contributed by atoms with van der Waals surface area (Å²) in [5, 5.41) is 9.41. The van der Waals surface area contributed by atoms with E-state index < -0.39 is 11.8 Å². The van der Waals surface area contributed by atoms with Crippen molar-refractivity contribution in [3.63, 3.8) is 0 Å². The number of hydrogen-bond acceptors (Lipinski definition) is 4. The number of carboxylic acid groups (broad SMARTS) is 1. The summed E-state index contributed by atoms with van der Waals surface area (Å²) in [6, 6.07) is 14.1. The lowest BCUT2D eigenvalue weighted by Crippen LogP contribution is -2.04. The molecule has 0 unspecified atom stereocenters. The lowest BCUT2D eigenvalue weighted by Gasteiger charge is -2.14. The predicted molar refractivity (Wildman–Crippen MR) is 121 cm³/mol. The zero-order valence-electron chi connectivity index (χ0n) is 17.8. The van der Waals surface area contributed by atoms with Gasteiger partial charge in [0.05, 0.1) is 14.2 Å². The summed E-state index contributed by atoms with van der Waals surface area (Å²) in [6.45, 7) is 3.88. The molecule has 160 valence electrons. The van der Waals surface area contributed by atoms with Crippen LogP contribution in [0.5, 0.6) is 11.5 Å². The summed E-state index contributed by atoms with van der Waals surface area (Å²) in [5.41, 5.74) is 11.3. The van der Waals surface area contributed by atoms with Gasteiger partial charge in [0.2, 0.25) is 0 Å². The molecular weight excluding hydrogens is 397 g/mol. The van der Waals surface area contributed by atoms with Crippen molar-refractivity contribution in [1.82, 2.24) is 0 Å². The zero-order chi connectivity index (χ0) is 22.7. The average Bonchev–Trinajstić information content (AvgIpc) is 2.76. The first-order valence-electron chi connectivity index (χ1n) is 9.60. The molecule has 6 heteroatoms. The molecule has 0 bridgehead atoms. The number of rotatable bonds is 6. The van der Waals surface area contributed by atoms with Crippen molar-refractivity contribution in [2.75, 3.05) is 20.0 Å². The van der Waals surface area contributed by atoms with Crippen LogP contribution in [0, 0.1) is 13.8 Å². The molecule has 3 aromatic carbocycles. The Balaban J connectivity index is 2.11. The maximum Gasteiger partial charge on any atom is 0.343 e. The molecule has 0 atom stereocenters. The molecule has 3 aromatic rings. The van der Waals surface area contributed by atoms with Gasteiger partial charge in [0.1, 0.15) is 22.9 Å². The molecule has 0 amide bonds.